The van der Waals surface area contributed by atoms with Gasteiger partial charge in [0, 0.05) is 6.61 Å². The Morgan fingerprint density at radius 1 is 1.28 bits per heavy atom. The SMILES string of the molecule is Cc1cccc(COCCC2CCNCC2)c1.Cl. The zero-order valence-corrected chi connectivity index (χ0v) is 12.0. The Bertz CT molecular complexity index is 337. The molecule has 0 saturated carbocycles. The van der Waals surface area contributed by atoms with E-state index in [1.807, 2.05) is 0 Å². The van der Waals surface area contributed by atoms with Gasteiger partial charge in [0.1, 0.15) is 0 Å². The molecule has 1 fully saturated rings. The highest BCUT2D eigenvalue weighted by atomic mass is 35.5. The Morgan fingerprint density at radius 2 is 2.06 bits per heavy atom. The second-order valence-corrected chi connectivity index (χ2v) is 5.02. The lowest BCUT2D eigenvalue weighted by atomic mass is 9.95. The molecule has 0 spiro atoms. The monoisotopic (exact) mass is 269 g/mol. The number of rotatable bonds is 5. The Kier molecular flexibility index (Phi) is 7.33. The minimum absolute atomic E-state index is 0. The summed E-state index contributed by atoms with van der Waals surface area (Å²) in [5.74, 6) is 0.869. The molecule has 0 aliphatic carbocycles. The van der Waals surface area contributed by atoms with Crippen LogP contribution in [0.15, 0.2) is 24.3 Å². The van der Waals surface area contributed by atoms with Gasteiger partial charge in [-0.1, -0.05) is 29.8 Å². The molecule has 0 unspecified atom stereocenters. The standard InChI is InChI=1S/C15H23NO.ClH/c1-13-3-2-4-15(11-13)12-17-10-7-14-5-8-16-9-6-14;/h2-4,11,14,16H,5-10,12H2,1H3;1H. The van der Waals surface area contributed by atoms with Gasteiger partial charge < -0.3 is 10.1 Å². The molecule has 18 heavy (non-hydrogen) atoms. The van der Waals surface area contributed by atoms with Gasteiger partial charge in [-0.25, -0.2) is 0 Å². The first-order valence-corrected chi connectivity index (χ1v) is 6.68. The maximum Gasteiger partial charge on any atom is 0.0716 e. The molecule has 0 aromatic heterocycles. The summed E-state index contributed by atoms with van der Waals surface area (Å²) < 4.78 is 5.76. The quantitative estimate of drug-likeness (QED) is 0.828. The van der Waals surface area contributed by atoms with Crippen molar-refractivity contribution in [3.8, 4) is 0 Å². The van der Waals surface area contributed by atoms with Crippen molar-refractivity contribution in [2.24, 2.45) is 5.92 Å². The Balaban J connectivity index is 0.00000162. The minimum atomic E-state index is 0. The van der Waals surface area contributed by atoms with Crippen molar-refractivity contribution in [2.75, 3.05) is 19.7 Å². The fourth-order valence-corrected chi connectivity index (χ4v) is 2.41. The first-order chi connectivity index (χ1) is 8.34. The number of ether oxygens (including phenoxy) is 1. The van der Waals surface area contributed by atoms with E-state index in [4.69, 9.17) is 4.74 Å². The van der Waals surface area contributed by atoms with Crippen LogP contribution in [0.5, 0.6) is 0 Å². The van der Waals surface area contributed by atoms with Gasteiger partial charge in [0.15, 0.2) is 0 Å². The van der Waals surface area contributed by atoms with Crippen LogP contribution in [0.4, 0.5) is 0 Å². The van der Waals surface area contributed by atoms with Crippen LogP contribution in [0.2, 0.25) is 0 Å². The summed E-state index contributed by atoms with van der Waals surface area (Å²) in [6.07, 6.45) is 3.84. The van der Waals surface area contributed by atoms with E-state index in [1.165, 1.54) is 43.5 Å². The van der Waals surface area contributed by atoms with Gasteiger partial charge in [-0.2, -0.15) is 0 Å². The number of aryl methyl sites for hydroxylation is 1. The largest absolute Gasteiger partial charge is 0.377 e. The Hall–Kier alpha value is -0.570. The van der Waals surface area contributed by atoms with Crippen molar-refractivity contribution in [1.82, 2.24) is 5.32 Å². The summed E-state index contributed by atoms with van der Waals surface area (Å²) in [5, 5.41) is 3.40. The summed E-state index contributed by atoms with van der Waals surface area (Å²) in [5.41, 5.74) is 2.60. The number of halogens is 1. The molecule has 1 aromatic carbocycles. The number of hydrogen-bond donors (Lipinski definition) is 1. The highest BCUT2D eigenvalue weighted by Gasteiger charge is 2.12. The topological polar surface area (TPSA) is 21.3 Å². The van der Waals surface area contributed by atoms with Crippen LogP contribution in [-0.4, -0.2) is 19.7 Å². The lowest BCUT2D eigenvalue weighted by molar-refractivity contribution is 0.103. The highest BCUT2D eigenvalue weighted by molar-refractivity contribution is 5.85. The molecule has 1 heterocycles. The average Bonchev–Trinajstić information content (AvgIpc) is 2.36. The number of benzene rings is 1. The summed E-state index contributed by atoms with van der Waals surface area (Å²) in [6, 6.07) is 8.56. The maximum absolute atomic E-state index is 5.76. The van der Waals surface area contributed by atoms with Crippen LogP contribution in [0.3, 0.4) is 0 Å². The lowest BCUT2D eigenvalue weighted by Crippen LogP contribution is -2.28. The average molecular weight is 270 g/mol. The van der Waals surface area contributed by atoms with Crippen molar-refractivity contribution in [3.63, 3.8) is 0 Å². The van der Waals surface area contributed by atoms with E-state index in [-0.39, 0.29) is 12.4 Å². The highest BCUT2D eigenvalue weighted by Crippen LogP contribution is 2.16. The van der Waals surface area contributed by atoms with Crippen LogP contribution in [0.1, 0.15) is 30.4 Å². The summed E-state index contributed by atoms with van der Waals surface area (Å²) in [4.78, 5) is 0. The van der Waals surface area contributed by atoms with Crippen molar-refractivity contribution in [1.29, 1.82) is 0 Å². The molecule has 1 aliphatic rings. The van der Waals surface area contributed by atoms with E-state index in [0.717, 1.165) is 19.1 Å². The molecule has 1 saturated heterocycles. The molecule has 0 radical (unpaired) electrons. The molecule has 102 valence electrons. The smallest absolute Gasteiger partial charge is 0.0716 e. The van der Waals surface area contributed by atoms with Crippen LogP contribution in [0.25, 0.3) is 0 Å². The second kappa shape index (κ2) is 8.52. The molecule has 1 aliphatic heterocycles. The molecule has 0 amide bonds. The Morgan fingerprint density at radius 3 is 2.78 bits per heavy atom. The van der Waals surface area contributed by atoms with E-state index in [1.54, 1.807) is 0 Å². The first kappa shape index (κ1) is 15.5. The zero-order chi connectivity index (χ0) is 11.9. The molecule has 1 N–H and O–H groups in total. The Labute approximate surface area is 117 Å². The zero-order valence-electron chi connectivity index (χ0n) is 11.2. The molecular formula is C15H24ClNO. The van der Waals surface area contributed by atoms with Gasteiger partial charge in [-0.15, -0.1) is 12.4 Å². The molecule has 1 aromatic rings. The lowest BCUT2D eigenvalue weighted by Gasteiger charge is -2.22. The van der Waals surface area contributed by atoms with Gasteiger partial charge >= 0.3 is 0 Å². The first-order valence-electron chi connectivity index (χ1n) is 6.68. The maximum atomic E-state index is 5.76. The fourth-order valence-electron chi connectivity index (χ4n) is 2.41. The van der Waals surface area contributed by atoms with Crippen LogP contribution < -0.4 is 5.32 Å². The minimum Gasteiger partial charge on any atom is -0.377 e. The van der Waals surface area contributed by atoms with Gasteiger partial charge in [-0.3, -0.25) is 0 Å². The van der Waals surface area contributed by atoms with E-state index in [9.17, 15) is 0 Å². The van der Waals surface area contributed by atoms with Crippen LogP contribution in [-0.2, 0) is 11.3 Å². The molecule has 0 atom stereocenters. The van der Waals surface area contributed by atoms with Crippen molar-refractivity contribution in [2.45, 2.75) is 32.8 Å². The molecule has 2 rings (SSSR count). The number of nitrogens with one attached hydrogen (secondary N) is 1. The van der Waals surface area contributed by atoms with Gasteiger partial charge in [0.05, 0.1) is 6.61 Å². The van der Waals surface area contributed by atoms with Gasteiger partial charge in [0.25, 0.3) is 0 Å². The summed E-state index contributed by atoms with van der Waals surface area (Å²) in [6.45, 7) is 6.15. The molecule has 0 bridgehead atoms. The van der Waals surface area contributed by atoms with Crippen LogP contribution in [0, 0.1) is 12.8 Å². The third-order valence-corrected chi connectivity index (χ3v) is 3.48. The molecular weight excluding hydrogens is 246 g/mol. The van der Waals surface area contributed by atoms with Crippen molar-refractivity contribution >= 4 is 12.4 Å². The van der Waals surface area contributed by atoms with Crippen molar-refractivity contribution < 1.29 is 4.74 Å². The van der Waals surface area contributed by atoms with E-state index >= 15 is 0 Å². The number of piperidine rings is 1. The van der Waals surface area contributed by atoms with E-state index in [2.05, 4.69) is 36.5 Å². The van der Waals surface area contributed by atoms with Crippen LogP contribution >= 0.6 is 12.4 Å². The van der Waals surface area contributed by atoms with E-state index < -0.39 is 0 Å². The van der Waals surface area contributed by atoms with Gasteiger partial charge in [-0.05, 0) is 50.8 Å². The third-order valence-electron chi connectivity index (χ3n) is 3.48. The third kappa shape index (κ3) is 5.38. The summed E-state index contributed by atoms with van der Waals surface area (Å²) in [7, 11) is 0. The second-order valence-electron chi connectivity index (χ2n) is 5.02. The predicted octanol–water partition coefficient (Wildman–Crippen LogP) is 3.32. The number of hydrogen-bond acceptors (Lipinski definition) is 2. The summed E-state index contributed by atoms with van der Waals surface area (Å²) >= 11 is 0. The van der Waals surface area contributed by atoms with E-state index in [0.29, 0.717) is 0 Å². The molecule has 3 heteroatoms. The normalized spacial score (nSPS) is 16.3. The van der Waals surface area contributed by atoms with Gasteiger partial charge in [0.2, 0.25) is 0 Å². The fraction of sp³-hybridized carbons (Fsp3) is 0.600. The van der Waals surface area contributed by atoms with Crippen molar-refractivity contribution in [3.05, 3.63) is 35.4 Å². The predicted molar refractivity (Wildman–Crippen MR) is 78.3 cm³/mol. The molecule has 2 nitrogen and oxygen atoms in total.